The van der Waals surface area contributed by atoms with Crippen molar-refractivity contribution in [1.82, 2.24) is 10.2 Å². The van der Waals surface area contributed by atoms with Crippen LogP contribution in [0.3, 0.4) is 0 Å². The zero-order valence-electron chi connectivity index (χ0n) is 10.0. The molecule has 0 amide bonds. The zero-order chi connectivity index (χ0) is 11.4. The maximum Gasteiger partial charge on any atom is 0.117 e. The molecule has 2 heterocycles. The molecular weight excluding hydrogens is 204 g/mol. The third-order valence-corrected chi connectivity index (χ3v) is 2.81. The molecule has 4 nitrogen and oxygen atoms in total. The highest BCUT2D eigenvalue weighted by atomic mass is 16.5. The molecule has 0 aromatic carbocycles. The van der Waals surface area contributed by atoms with Gasteiger partial charge in [0.25, 0.3) is 0 Å². The molecule has 90 valence electrons. The number of nitrogens with zero attached hydrogens (tertiary/aromatic N) is 1. The van der Waals surface area contributed by atoms with Gasteiger partial charge >= 0.3 is 0 Å². The Bertz CT molecular complexity index is 325. The normalized spacial score (nSPS) is 22.5. The molecule has 1 saturated heterocycles. The zero-order valence-corrected chi connectivity index (χ0v) is 10.0. The van der Waals surface area contributed by atoms with Crippen LogP contribution < -0.4 is 5.32 Å². The Morgan fingerprint density at radius 3 is 3.06 bits per heavy atom. The van der Waals surface area contributed by atoms with Gasteiger partial charge in [-0.25, -0.2) is 0 Å². The molecule has 0 aliphatic carbocycles. The van der Waals surface area contributed by atoms with Crippen LogP contribution in [0.4, 0.5) is 0 Å². The molecule has 1 atom stereocenters. The average molecular weight is 224 g/mol. The summed E-state index contributed by atoms with van der Waals surface area (Å²) in [5, 5.41) is 3.36. The number of hydrogen-bond acceptors (Lipinski definition) is 4. The Kier molecular flexibility index (Phi) is 3.98. The molecule has 1 aliphatic heterocycles. The molecule has 0 bridgehead atoms. The van der Waals surface area contributed by atoms with Crippen molar-refractivity contribution in [1.29, 1.82) is 0 Å². The number of rotatable bonds is 4. The molecule has 0 spiro atoms. The van der Waals surface area contributed by atoms with Crippen LogP contribution in [0.15, 0.2) is 16.5 Å². The van der Waals surface area contributed by atoms with Gasteiger partial charge in [-0.15, -0.1) is 0 Å². The molecule has 4 heteroatoms. The summed E-state index contributed by atoms with van der Waals surface area (Å²) in [5.74, 6) is 1.95. The van der Waals surface area contributed by atoms with Gasteiger partial charge in [-0.3, -0.25) is 0 Å². The van der Waals surface area contributed by atoms with Gasteiger partial charge < -0.3 is 19.4 Å². The SMILES string of the molecule is Cc1ccc(CNC[C@@H]2CN(C)CCO2)o1. The lowest BCUT2D eigenvalue weighted by Crippen LogP contribution is -2.44. The monoisotopic (exact) mass is 224 g/mol. The van der Waals surface area contributed by atoms with E-state index in [2.05, 4.69) is 17.3 Å². The number of hydrogen-bond donors (Lipinski definition) is 1. The highest BCUT2D eigenvalue weighted by molar-refractivity contribution is 5.05. The molecule has 1 aromatic heterocycles. The molecule has 16 heavy (non-hydrogen) atoms. The predicted octanol–water partition coefficient (Wildman–Crippen LogP) is 1.01. The van der Waals surface area contributed by atoms with Gasteiger partial charge in [-0.1, -0.05) is 0 Å². The van der Waals surface area contributed by atoms with E-state index in [1.807, 2.05) is 19.1 Å². The highest BCUT2D eigenvalue weighted by Crippen LogP contribution is 2.06. The summed E-state index contributed by atoms with van der Waals surface area (Å²) in [6, 6.07) is 4.00. The van der Waals surface area contributed by atoms with Gasteiger partial charge in [0.05, 0.1) is 19.3 Å². The van der Waals surface area contributed by atoms with Crippen molar-refractivity contribution in [2.75, 3.05) is 33.3 Å². The van der Waals surface area contributed by atoms with Crippen LogP contribution in [-0.4, -0.2) is 44.3 Å². The van der Waals surface area contributed by atoms with E-state index in [4.69, 9.17) is 9.15 Å². The highest BCUT2D eigenvalue weighted by Gasteiger charge is 2.16. The second kappa shape index (κ2) is 5.48. The van der Waals surface area contributed by atoms with E-state index < -0.39 is 0 Å². The molecule has 0 unspecified atom stereocenters. The van der Waals surface area contributed by atoms with Crippen LogP contribution in [-0.2, 0) is 11.3 Å². The predicted molar refractivity (Wildman–Crippen MR) is 62.4 cm³/mol. The van der Waals surface area contributed by atoms with Crippen molar-refractivity contribution < 1.29 is 9.15 Å². The van der Waals surface area contributed by atoms with Crippen molar-refractivity contribution in [3.05, 3.63) is 23.7 Å². The van der Waals surface area contributed by atoms with Gasteiger partial charge in [0.2, 0.25) is 0 Å². The first-order valence-electron chi connectivity index (χ1n) is 5.80. The van der Waals surface area contributed by atoms with Crippen molar-refractivity contribution in [2.24, 2.45) is 0 Å². The van der Waals surface area contributed by atoms with E-state index in [0.717, 1.165) is 44.3 Å². The van der Waals surface area contributed by atoms with Crippen LogP contribution in [0, 0.1) is 6.92 Å². The lowest BCUT2D eigenvalue weighted by atomic mass is 10.3. The topological polar surface area (TPSA) is 37.6 Å². The smallest absolute Gasteiger partial charge is 0.117 e. The number of morpholine rings is 1. The third-order valence-electron chi connectivity index (χ3n) is 2.81. The molecule has 1 aliphatic rings. The Balaban J connectivity index is 1.67. The van der Waals surface area contributed by atoms with Crippen molar-refractivity contribution in [3.8, 4) is 0 Å². The van der Waals surface area contributed by atoms with E-state index in [0.29, 0.717) is 6.10 Å². The standard InChI is InChI=1S/C12H20N2O2/c1-10-3-4-11(16-10)7-13-8-12-9-14(2)5-6-15-12/h3-4,12-13H,5-9H2,1-2H3/t12-/m1/s1. The Morgan fingerprint density at radius 2 is 2.38 bits per heavy atom. The molecule has 1 N–H and O–H groups in total. The second-order valence-corrected chi connectivity index (χ2v) is 4.40. The quantitative estimate of drug-likeness (QED) is 0.828. The first-order chi connectivity index (χ1) is 7.74. The minimum atomic E-state index is 0.301. The van der Waals surface area contributed by atoms with E-state index >= 15 is 0 Å². The molecule has 1 aromatic rings. The first kappa shape index (κ1) is 11.6. The number of likely N-dealkylation sites (N-methyl/N-ethyl adjacent to an activating group) is 1. The largest absolute Gasteiger partial charge is 0.465 e. The van der Waals surface area contributed by atoms with Crippen LogP contribution in [0.2, 0.25) is 0 Å². The summed E-state index contributed by atoms with van der Waals surface area (Å²) in [4.78, 5) is 2.30. The fraction of sp³-hybridized carbons (Fsp3) is 0.667. The number of furan rings is 1. The van der Waals surface area contributed by atoms with Crippen LogP contribution in [0.1, 0.15) is 11.5 Å². The Morgan fingerprint density at radius 1 is 1.50 bits per heavy atom. The summed E-state index contributed by atoms with van der Waals surface area (Å²) < 4.78 is 11.1. The first-order valence-corrected chi connectivity index (χ1v) is 5.80. The molecule has 2 rings (SSSR count). The number of ether oxygens (including phenoxy) is 1. The van der Waals surface area contributed by atoms with Gasteiger partial charge in [0.1, 0.15) is 11.5 Å². The van der Waals surface area contributed by atoms with Gasteiger partial charge in [-0.2, -0.15) is 0 Å². The minimum absolute atomic E-state index is 0.301. The van der Waals surface area contributed by atoms with Gasteiger partial charge in [0.15, 0.2) is 0 Å². The maximum atomic E-state index is 5.66. The molecule has 0 saturated carbocycles. The van der Waals surface area contributed by atoms with Crippen LogP contribution in [0.25, 0.3) is 0 Å². The van der Waals surface area contributed by atoms with E-state index in [1.165, 1.54) is 0 Å². The summed E-state index contributed by atoms with van der Waals surface area (Å²) in [6.45, 7) is 6.49. The lowest BCUT2D eigenvalue weighted by molar-refractivity contribution is -0.0183. The third kappa shape index (κ3) is 3.33. The summed E-state index contributed by atoms with van der Waals surface area (Å²) in [7, 11) is 2.13. The fourth-order valence-corrected chi connectivity index (χ4v) is 1.93. The van der Waals surface area contributed by atoms with E-state index in [1.54, 1.807) is 0 Å². The summed E-state index contributed by atoms with van der Waals surface area (Å²) in [6.07, 6.45) is 0.301. The Labute approximate surface area is 96.6 Å². The van der Waals surface area contributed by atoms with Crippen LogP contribution >= 0.6 is 0 Å². The van der Waals surface area contributed by atoms with Gasteiger partial charge in [0, 0.05) is 19.6 Å². The van der Waals surface area contributed by atoms with Crippen molar-refractivity contribution in [3.63, 3.8) is 0 Å². The van der Waals surface area contributed by atoms with Gasteiger partial charge in [-0.05, 0) is 26.1 Å². The summed E-state index contributed by atoms with van der Waals surface area (Å²) in [5.41, 5.74) is 0. The summed E-state index contributed by atoms with van der Waals surface area (Å²) >= 11 is 0. The second-order valence-electron chi connectivity index (χ2n) is 4.40. The van der Waals surface area contributed by atoms with Crippen molar-refractivity contribution in [2.45, 2.75) is 19.6 Å². The molecular formula is C12H20N2O2. The fourth-order valence-electron chi connectivity index (χ4n) is 1.93. The van der Waals surface area contributed by atoms with Crippen molar-refractivity contribution >= 4 is 0 Å². The number of aryl methyl sites for hydroxylation is 1. The Hall–Kier alpha value is -0.840. The lowest BCUT2D eigenvalue weighted by Gasteiger charge is -2.30. The average Bonchev–Trinajstić information content (AvgIpc) is 2.64. The number of nitrogens with one attached hydrogen (secondary N) is 1. The van der Waals surface area contributed by atoms with Crippen LogP contribution in [0.5, 0.6) is 0 Å². The molecule has 1 fully saturated rings. The van der Waals surface area contributed by atoms with E-state index in [9.17, 15) is 0 Å². The van der Waals surface area contributed by atoms with E-state index in [-0.39, 0.29) is 0 Å². The molecule has 0 radical (unpaired) electrons. The maximum absolute atomic E-state index is 5.66. The minimum Gasteiger partial charge on any atom is -0.465 e.